The van der Waals surface area contributed by atoms with E-state index >= 15 is 0 Å². The van der Waals surface area contributed by atoms with Crippen LogP contribution in [0.15, 0.2) is 34.3 Å². The molecule has 2 saturated heterocycles. The maximum absolute atomic E-state index is 13.4. The van der Waals surface area contributed by atoms with Crippen LogP contribution in [0.3, 0.4) is 0 Å². The number of sulfone groups is 1. The molecule has 2 amide bonds. The number of nitrogens with zero attached hydrogens (tertiary/aromatic N) is 4. The van der Waals surface area contributed by atoms with Gasteiger partial charge in [-0.05, 0) is 24.6 Å². The van der Waals surface area contributed by atoms with E-state index in [4.69, 9.17) is 0 Å². The van der Waals surface area contributed by atoms with Crippen LogP contribution in [0.2, 0.25) is 0 Å². The van der Waals surface area contributed by atoms with Crippen LogP contribution in [0.25, 0.3) is 0 Å². The van der Waals surface area contributed by atoms with E-state index < -0.39 is 37.6 Å². The number of benzene rings is 1. The summed E-state index contributed by atoms with van der Waals surface area (Å²) >= 11 is 0. The van der Waals surface area contributed by atoms with Crippen LogP contribution in [0.1, 0.15) is 19.3 Å². The number of piperazine rings is 1. The van der Waals surface area contributed by atoms with Crippen molar-refractivity contribution in [2.24, 2.45) is 5.10 Å². The number of amides is 2. The number of hydrogen-bond donors (Lipinski definition) is 0. The van der Waals surface area contributed by atoms with E-state index in [-0.39, 0.29) is 73.5 Å². The van der Waals surface area contributed by atoms with Gasteiger partial charge >= 0.3 is 0 Å². The van der Waals surface area contributed by atoms with Gasteiger partial charge in [0, 0.05) is 39.0 Å². The molecule has 3 heterocycles. The fourth-order valence-corrected chi connectivity index (χ4v) is 7.22. The van der Waals surface area contributed by atoms with Crippen LogP contribution in [0.4, 0.5) is 4.39 Å². The zero-order valence-electron chi connectivity index (χ0n) is 17.2. The highest BCUT2D eigenvalue weighted by Gasteiger charge is 2.38. The largest absolute Gasteiger partial charge is 0.335 e. The number of halogens is 1. The Labute approximate surface area is 185 Å². The zero-order chi connectivity index (χ0) is 23.1. The van der Waals surface area contributed by atoms with Crippen molar-refractivity contribution in [1.82, 2.24) is 14.2 Å². The number of carbonyl (C=O) groups excluding carboxylic acids is 2. The van der Waals surface area contributed by atoms with E-state index in [2.05, 4.69) is 5.10 Å². The molecule has 32 heavy (non-hydrogen) atoms. The molecule has 2 fully saturated rings. The molecule has 0 spiro atoms. The van der Waals surface area contributed by atoms with E-state index in [1.54, 1.807) is 0 Å². The van der Waals surface area contributed by atoms with Crippen molar-refractivity contribution in [2.75, 3.05) is 37.7 Å². The molecule has 0 bridgehead atoms. The zero-order valence-corrected chi connectivity index (χ0v) is 18.8. The number of hydrogen-bond acceptors (Lipinski definition) is 7. The molecule has 1 atom stereocenters. The monoisotopic (exact) mass is 486 g/mol. The summed E-state index contributed by atoms with van der Waals surface area (Å²) in [6.45, 7) is 0.332. The smallest absolute Gasteiger partial charge is 0.270 e. The van der Waals surface area contributed by atoms with Gasteiger partial charge < -0.3 is 4.90 Å². The van der Waals surface area contributed by atoms with Crippen molar-refractivity contribution in [1.29, 1.82) is 0 Å². The molecule has 13 heteroatoms. The lowest BCUT2D eigenvalue weighted by Gasteiger charge is -2.35. The fourth-order valence-electron chi connectivity index (χ4n) is 4.07. The Morgan fingerprint density at radius 3 is 2.47 bits per heavy atom. The minimum Gasteiger partial charge on any atom is -0.335 e. The van der Waals surface area contributed by atoms with E-state index in [1.165, 1.54) is 21.3 Å². The summed E-state index contributed by atoms with van der Waals surface area (Å²) in [4.78, 5) is 26.5. The van der Waals surface area contributed by atoms with Crippen molar-refractivity contribution in [3.05, 3.63) is 30.1 Å². The third-order valence-electron chi connectivity index (χ3n) is 5.82. The molecule has 1 unspecified atom stereocenters. The van der Waals surface area contributed by atoms with Gasteiger partial charge in [0.15, 0.2) is 9.84 Å². The van der Waals surface area contributed by atoms with Gasteiger partial charge in [-0.25, -0.2) is 26.2 Å². The molecule has 0 aliphatic carbocycles. The van der Waals surface area contributed by atoms with Crippen molar-refractivity contribution in [3.8, 4) is 0 Å². The molecular weight excluding hydrogens is 463 g/mol. The quantitative estimate of drug-likeness (QED) is 0.582. The van der Waals surface area contributed by atoms with Crippen molar-refractivity contribution < 1.29 is 30.8 Å². The molecule has 0 radical (unpaired) electrons. The molecule has 0 saturated carbocycles. The highest BCUT2D eigenvalue weighted by Crippen LogP contribution is 2.23. The molecule has 0 N–H and O–H groups in total. The first kappa shape index (κ1) is 22.8. The number of carbonyl (C=O) groups is 2. The van der Waals surface area contributed by atoms with Crippen molar-refractivity contribution >= 4 is 37.4 Å². The second-order valence-electron chi connectivity index (χ2n) is 8.00. The predicted molar refractivity (Wildman–Crippen MR) is 112 cm³/mol. The lowest BCUT2D eigenvalue weighted by Crippen LogP contribution is -2.53. The molecule has 3 aliphatic heterocycles. The summed E-state index contributed by atoms with van der Waals surface area (Å²) in [7, 11) is -7.10. The number of rotatable bonds is 4. The predicted octanol–water partition coefficient (Wildman–Crippen LogP) is -0.176. The first-order valence-corrected chi connectivity index (χ1v) is 13.5. The Bertz CT molecular complexity index is 1180. The SMILES string of the molecule is O=C(C1=NN(C2CCS(=O)(=O)C2)C(=O)CC1)N1CCN(S(=O)(=O)c2cccc(F)c2)CC1. The van der Waals surface area contributed by atoms with Gasteiger partial charge in [0.05, 0.1) is 22.4 Å². The summed E-state index contributed by atoms with van der Waals surface area (Å²) in [6, 6.07) is 4.20. The van der Waals surface area contributed by atoms with Crippen LogP contribution >= 0.6 is 0 Å². The highest BCUT2D eigenvalue weighted by molar-refractivity contribution is 7.91. The van der Waals surface area contributed by atoms with Crippen LogP contribution in [0.5, 0.6) is 0 Å². The van der Waals surface area contributed by atoms with Crippen LogP contribution in [-0.2, 0) is 29.4 Å². The molecule has 0 aromatic heterocycles. The minimum atomic E-state index is -3.88. The summed E-state index contributed by atoms with van der Waals surface area (Å²) in [5, 5.41) is 5.31. The Morgan fingerprint density at radius 2 is 1.84 bits per heavy atom. The second-order valence-corrected chi connectivity index (χ2v) is 12.2. The van der Waals surface area contributed by atoms with Crippen molar-refractivity contribution in [2.45, 2.75) is 30.2 Å². The third-order valence-corrected chi connectivity index (χ3v) is 9.47. The Hall–Kier alpha value is -2.38. The minimum absolute atomic E-state index is 0.0119. The summed E-state index contributed by atoms with van der Waals surface area (Å²) < 4.78 is 63.6. The van der Waals surface area contributed by atoms with Gasteiger partial charge in [-0.3, -0.25) is 9.59 Å². The Kier molecular flexibility index (Phi) is 6.07. The lowest BCUT2D eigenvalue weighted by molar-refractivity contribution is -0.134. The van der Waals surface area contributed by atoms with E-state index in [0.29, 0.717) is 0 Å². The van der Waals surface area contributed by atoms with E-state index in [1.807, 2.05) is 0 Å². The molecular formula is C19H23FN4O6S2. The van der Waals surface area contributed by atoms with Crippen molar-refractivity contribution in [3.63, 3.8) is 0 Å². The molecule has 1 aromatic carbocycles. The molecule has 1 aromatic rings. The number of hydrazone groups is 1. The molecule has 4 rings (SSSR count). The third kappa shape index (κ3) is 4.55. The second kappa shape index (κ2) is 8.52. The van der Waals surface area contributed by atoms with E-state index in [9.17, 15) is 30.8 Å². The van der Waals surface area contributed by atoms with Crippen LogP contribution < -0.4 is 0 Å². The molecule has 10 nitrogen and oxygen atoms in total. The Balaban J connectivity index is 1.43. The maximum atomic E-state index is 13.4. The van der Waals surface area contributed by atoms with Crippen LogP contribution in [0, 0.1) is 5.82 Å². The summed E-state index contributed by atoms with van der Waals surface area (Å²) in [5.41, 5.74) is 0.162. The summed E-state index contributed by atoms with van der Waals surface area (Å²) in [6.07, 6.45) is 0.500. The van der Waals surface area contributed by atoms with Gasteiger partial charge in [-0.15, -0.1) is 0 Å². The van der Waals surface area contributed by atoms with Gasteiger partial charge in [-0.2, -0.15) is 9.41 Å². The van der Waals surface area contributed by atoms with E-state index in [0.717, 1.165) is 17.1 Å². The lowest BCUT2D eigenvalue weighted by atomic mass is 10.1. The van der Waals surface area contributed by atoms with Gasteiger partial charge in [0.2, 0.25) is 15.9 Å². The summed E-state index contributed by atoms with van der Waals surface area (Å²) in [5.74, 6) is -1.53. The normalized spacial score (nSPS) is 24.5. The Morgan fingerprint density at radius 1 is 1.12 bits per heavy atom. The molecule has 174 valence electrons. The first-order chi connectivity index (χ1) is 15.1. The maximum Gasteiger partial charge on any atom is 0.270 e. The molecule has 3 aliphatic rings. The standard InChI is InChI=1S/C19H23FN4O6S2/c20-14-2-1-3-16(12-14)32(29,30)23-9-7-22(8-10-23)19(26)17-4-5-18(25)24(21-17)15-6-11-31(27,28)13-15/h1-3,12,15H,4-11,13H2. The van der Waals surface area contributed by atoms with Gasteiger partial charge in [0.1, 0.15) is 11.5 Å². The number of sulfonamides is 1. The first-order valence-electron chi connectivity index (χ1n) is 10.2. The topological polar surface area (TPSA) is 124 Å². The van der Waals surface area contributed by atoms with Gasteiger partial charge in [-0.1, -0.05) is 6.07 Å². The van der Waals surface area contributed by atoms with Gasteiger partial charge in [0.25, 0.3) is 5.91 Å². The average Bonchev–Trinajstić information content (AvgIpc) is 3.13. The highest BCUT2D eigenvalue weighted by atomic mass is 32.2. The average molecular weight is 487 g/mol. The van der Waals surface area contributed by atoms with Crippen LogP contribution in [-0.4, -0.2) is 92.3 Å². The fraction of sp³-hybridized carbons (Fsp3) is 0.526.